The van der Waals surface area contributed by atoms with Gasteiger partial charge in [-0.25, -0.2) is 4.98 Å². The van der Waals surface area contributed by atoms with Gasteiger partial charge in [0.1, 0.15) is 5.82 Å². The smallest absolute Gasteiger partial charge is 0.207 e. The first kappa shape index (κ1) is 15.9. The largest absolute Gasteiger partial charge is 0.383 e. The molecule has 0 aliphatic carbocycles. The molecule has 2 aromatic heterocycles. The van der Waals surface area contributed by atoms with Crippen LogP contribution in [-0.2, 0) is 16.7 Å². The molecule has 0 spiro atoms. The molecule has 0 aliphatic rings. The van der Waals surface area contributed by atoms with Gasteiger partial charge in [0.2, 0.25) is 5.13 Å². The molecule has 0 unspecified atom stereocenters. The first-order chi connectivity index (χ1) is 9.82. The quantitative estimate of drug-likeness (QED) is 0.919. The zero-order valence-corrected chi connectivity index (χ0v) is 14.3. The van der Waals surface area contributed by atoms with E-state index in [-0.39, 0.29) is 5.41 Å². The van der Waals surface area contributed by atoms with Crippen LogP contribution in [0.2, 0.25) is 0 Å². The minimum absolute atomic E-state index is 0.0385. The molecule has 0 radical (unpaired) electrons. The monoisotopic (exact) mass is 309 g/mol. The summed E-state index contributed by atoms with van der Waals surface area (Å²) in [5, 5.41) is 8.68. The number of nitrogens with one attached hydrogen (secondary N) is 1. The topological polar surface area (TPSA) is 64.9 Å². The molecule has 6 nitrogen and oxygen atoms in total. The summed E-state index contributed by atoms with van der Waals surface area (Å²) in [6.07, 6.45) is 0. The Morgan fingerprint density at radius 2 is 2.00 bits per heavy atom. The Morgan fingerprint density at radius 1 is 1.29 bits per heavy atom. The summed E-state index contributed by atoms with van der Waals surface area (Å²) < 4.78 is 11.5. The maximum absolute atomic E-state index is 5.11. The fraction of sp³-hybridized carbons (Fsp3) is 0.643. The summed E-state index contributed by atoms with van der Waals surface area (Å²) in [5.74, 6) is 0.858. The van der Waals surface area contributed by atoms with Crippen LogP contribution in [0.15, 0.2) is 0 Å². The van der Waals surface area contributed by atoms with Crippen molar-refractivity contribution in [3.8, 4) is 0 Å². The molecule has 0 saturated carbocycles. The molecule has 2 aromatic rings. The maximum Gasteiger partial charge on any atom is 0.207 e. The zero-order valence-electron chi connectivity index (χ0n) is 13.5. The summed E-state index contributed by atoms with van der Waals surface area (Å²) in [6.45, 7) is 11.8. The van der Waals surface area contributed by atoms with Crippen molar-refractivity contribution in [1.82, 2.24) is 19.1 Å². The first-order valence-electron chi connectivity index (χ1n) is 6.97. The van der Waals surface area contributed by atoms with E-state index in [0.717, 1.165) is 34.6 Å². The van der Waals surface area contributed by atoms with Crippen molar-refractivity contribution in [3.63, 3.8) is 0 Å². The third-order valence-corrected chi connectivity index (χ3v) is 3.85. The van der Waals surface area contributed by atoms with Crippen LogP contribution in [0.4, 0.5) is 10.8 Å². The van der Waals surface area contributed by atoms with E-state index in [4.69, 9.17) is 4.74 Å². The number of hydrogen-bond donors (Lipinski definition) is 1. The van der Waals surface area contributed by atoms with Gasteiger partial charge in [0.25, 0.3) is 0 Å². The fourth-order valence-electron chi connectivity index (χ4n) is 1.96. The van der Waals surface area contributed by atoms with Crippen LogP contribution in [0.3, 0.4) is 0 Å². The van der Waals surface area contributed by atoms with E-state index in [1.807, 2.05) is 18.5 Å². The molecule has 2 rings (SSSR count). The number of ether oxygens (including phenoxy) is 1. The van der Waals surface area contributed by atoms with Crippen LogP contribution in [0, 0.1) is 13.8 Å². The molecule has 0 fully saturated rings. The highest BCUT2D eigenvalue weighted by atomic mass is 32.1. The van der Waals surface area contributed by atoms with Crippen LogP contribution in [0.5, 0.6) is 0 Å². The molecule has 0 aromatic carbocycles. The molecular weight excluding hydrogens is 286 g/mol. The van der Waals surface area contributed by atoms with Crippen molar-refractivity contribution < 1.29 is 4.74 Å². The lowest BCUT2D eigenvalue weighted by Crippen LogP contribution is -2.13. The number of anilines is 2. The van der Waals surface area contributed by atoms with Crippen LogP contribution in [0.25, 0.3) is 0 Å². The highest BCUT2D eigenvalue weighted by Gasteiger charge is 2.20. The molecule has 1 N–H and O–H groups in total. The van der Waals surface area contributed by atoms with Gasteiger partial charge in [-0.2, -0.15) is 9.47 Å². The predicted octanol–water partition coefficient (Wildman–Crippen LogP) is 3.04. The second-order valence-corrected chi connectivity index (χ2v) is 6.81. The third kappa shape index (κ3) is 3.59. The van der Waals surface area contributed by atoms with Gasteiger partial charge in [-0.1, -0.05) is 20.8 Å². The van der Waals surface area contributed by atoms with Gasteiger partial charge in [0, 0.05) is 24.1 Å². The van der Waals surface area contributed by atoms with Crippen molar-refractivity contribution in [1.29, 1.82) is 0 Å². The minimum Gasteiger partial charge on any atom is -0.383 e. The molecule has 0 aliphatic heterocycles. The number of nitrogens with zero attached hydrogens (tertiary/aromatic N) is 4. The van der Waals surface area contributed by atoms with Crippen LogP contribution in [-0.4, -0.2) is 32.9 Å². The molecule has 116 valence electrons. The molecule has 0 bridgehead atoms. The fourth-order valence-corrected chi connectivity index (χ4v) is 2.72. The third-order valence-electron chi connectivity index (χ3n) is 3.22. The van der Waals surface area contributed by atoms with Gasteiger partial charge in [0.05, 0.1) is 30.2 Å². The number of aromatic nitrogens is 4. The lowest BCUT2D eigenvalue weighted by molar-refractivity contribution is 0.182. The van der Waals surface area contributed by atoms with Gasteiger partial charge >= 0.3 is 0 Å². The van der Waals surface area contributed by atoms with E-state index in [0.29, 0.717) is 6.61 Å². The molecular formula is C14H23N5OS. The molecule has 7 heteroatoms. The summed E-state index contributed by atoms with van der Waals surface area (Å²) >= 11 is 1.38. The molecule has 0 saturated heterocycles. The standard InChI is InChI=1S/C14H23N5OS/c1-9-11(10(2)19(17-9)7-8-20-6)15-13-16-12(18-21-13)14(3,4)5/h7-8H2,1-6H3,(H,15,16,18). The van der Waals surface area contributed by atoms with Crippen molar-refractivity contribution in [2.75, 3.05) is 19.0 Å². The summed E-state index contributed by atoms with van der Waals surface area (Å²) in [4.78, 5) is 4.57. The average molecular weight is 309 g/mol. The van der Waals surface area contributed by atoms with Gasteiger partial charge < -0.3 is 10.1 Å². The molecule has 21 heavy (non-hydrogen) atoms. The van der Waals surface area contributed by atoms with E-state index in [9.17, 15) is 0 Å². The minimum atomic E-state index is -0.0385. The molecule has 2 heterocycles. The summed E-state index contributed by atoms with van der Waals surface area (Å²) in [6, 6.07) is 0. The van der Waals surface area contributed by atoms with E-state index in [2.05, 4.69) is 40.5 Å². The van der Waals surface area contributed by atoms with Crippen LogP contribution in [0.1, 0.15) is 38.0 Å². The van der Waals surface area contributed by atoms with Crippen molar-refractivity contribution >= 4 is 22.4 Å². The number of aryl methyl sites for hydroxylation is 1. The maximum atomic E-state index is 5.11. The highest BCUT2D eigenvalue weighted by Crippen LogP contribution is 2.28. The summed E-state index contributed by atoms with van der Waals surface area (Å²) in [5.41, 5.74) is 3.00. The SMILES string of the molecule is COCCn1nc(C)c(Nc2nc(C(C)(C)C)ns2)c1C. The van der Waals surface area contributed by atoms with E-state index < -0.39 is 0 Å². The van der Waals surface area contributed by atoms with E-state index in [1.54, 1.807) is 7.11 Å². The Bertz CT molecular complexity index is 611. The van der Waals surface area contributed by atoms with Gasteiger partial charge in [-0.3, -0.25) is 4.68 Å². The Hall–Kier alpha value is -1.47. The number of rotatable bonds is 5. The Labute approximate surface area is 129 Å². The van der Waals surface area contributed by atoms with Crippen molar-refractivity contribution in [3.05, 3.63) is 17.2 Å². The Kier molecular flexibility index (Phi) is 4.63. The highest BCUT2D eigenvalue weighted by molar-refractivity contribution is 7.09. The van der Waals surface area contributed by atoms with Crippen molar-refractivity contribution in [2.45, 2.75) is 46.6 Å². The van der Waals surface area contributed by atoms with E-state index in [1.165, 1.54) is 11.5 Å². The van der Waals surface area contributed by atoms with Gasteiger partial charge in [-0.15, -0.1) is 0 Å². The van der Waals surface area contributed by atoms with Crippen LogP contribution < -0.4 is 5.32 Å². The predicted molar refractivity (Wildman–Crippen MR) is 85.5 cm³/mol. The van der Waals surface area contributed by atoms with Gasteiger partial charge in [0.15, 0.2) is 0 Å². The number of methoxy groups -OCH3 is 1. The lowest BCUT2D eigenvalue weighted by Gasteiger charge is -2.12. The number of hydrogen-bond acceptors (Lipinski definition) is 6. The van der Waals surface area contributed by atoms with Crippen LogP contribution >= 0.6 is 11.5 Å². The first-order valence-corrected chi connectivity index (χ1v) is 7.74. The van der Waals surface area contributed by atoms with E-state index >= 15 is 0 Å². The van der Waals surface area contributed by atoms with Gasteiger partial charge in [-0.05, 0) is 13.8 Å². The summed E-state index contributed by atoms with van der Waals surface area (Å²) in [7, 11) is 1.69. The lowest BCUT2D eigenvalue weighted by atomic mass is 9.96. The molecule has 0 atom stereocenters. The normalized spacial score (nSPS) is 11.9. The Balaban J connectivity index is 2.20. The molecule has 0 amide bonds. The Morgan fingerprint density at radius 3 is 2.57 bits per heavy atom. The second kappa shape index (κ2) is 6.11. The van der Waals surface area contributed by atoms with Crippen molar-refractivity contribution in [2.24, 2.45) is 0 Å². The zero-order chi connectivity index (χ0) is 15.6. The second-order valence-electron chi connectivity index (χ2n) is 6.06. The average Bonchev–Trinajstić information content (AvgIpc) is 2.97.